The largest absolute Gasteiger partial charge is 0.385 e. The van der Waals surface area contributed by atoms with Crippen LogP contribution in [-0.4, -0.2) is 16.4 Å². The fraction of sp³-hybridized carbons (Fsp3) is 0.250. The number of nitro groups is 2. The maximum Gasteiger partial charge on any atom is 0.299 e. The number of benzene rings is 2. The van der Waals surface area contributed by atoms with Gasteiger partial charge in [-0.15, -0.1) is 0 Å². The van der Waals surface area contributed by atoms with Crippen molar-refractivity contribution in [2.24, 2.45) is 0 Å². The Morgan fingerprint density at radius 3 is 2.25 bits per heavy atom. The molecule has 0 atom stereocenters. The zero-order valence-electron chi connectivity index (χ0n) is 13.2. The lowest BCUT2D eigenvalue weighted by atomic mass is 10.2. The molecule has 0 aliphatic heterocycles. The summed E-state index contributed by atoms with van der Waals surface area (Å²) >= 11 is 0. The van der Waals surface area contributed by atoms with E-state index in [4.69, 9.17) is 0 Å². The van der Waals surface area contributed by atoms with Crippen LogP contribution in [0.2, 0.25) is 0 Å². The highest BCUT2D eigenvalue weighted by atomic mass is 16.6. The van der Waals surface area contributed by atoms with Gasteiger partial charge in [0.15, 0.2) is 0 Å². The van der Waals surface area contributed by atoms with Gasteiger partial charge in [-0.25, -0.2) is 0 Å². The second-order valence-electron chi connectivity index (χ2n) is 5.19. The van der Waals surface area contributed by atoms with Crippen LogP contribution in [0.1, 0.15) is 18.9 Å². The molecule has 0 fully saturated rings. The van der Waals surface area contributed by atoms with Crippen LogP contribution in [0.25, 0.3) is 0 Å². The molecule has 2 aromatic carbocycles. The van der Waals surface area contributed by atoms with E-state index < -0.39 is 9.85 Å². The summed E-state index contributed by atoms with van der Waals surface area (Å²) in [7, 11) is 0. The van der Waals surface area contributed by atoms with E-state index >= 15 is 0 Å². The summed E-state index contributed by atoms with van der Waals surface area (Å²) in [6.45, 7) is 3.36. The van der Waals surface area contributed by atoms with Crippen LogP contribution in [0.15, 0.2) is 42.5 Å². The molecule has 0 saturated carbocycles. The van der Waals surface area contributed by atoms with Gasteiger partial charge in [0.1, 0.15) is 5.69 Å². The lowest BCUT2D eigenvalue weighted by Gasteiger charge is -2.09. The van der Waals surface area contributed by atoms with E-state index in [-0.39, 0.29) is 17.1 Å². The molecule has 2 rings (SSSR count). The van der Waals surface area contributed by atoms with E-state index in [1.807, 2.05) is 24.3 Å². The molecule has 0 aliphatic carbocycles. The number of hydrogen-bond donors (Lipinski definition) is 2. The summed E-state index contributed by atoms with van der Waals surface area (Å²) in [5, 5.41) is 28.0. The van der Waals surface area contributed by atoms with Gasteiger partial charge in [0.25, 0.3) is 11.4 Å². The molecular weight excluding hydrogens is 312 g/mol. The van der Waals surface area contributed by atoms with Crippen LogP contribution in [-0.2, 0) is 6.54 Å². The molecule has 0 saturated heterocycles. The van der Waals surface area contributed by atoms with Crippen LogP contribution in [0, 0.1) is 20.2 Å². The molecule has 0 spiro atoms. The third kappa shape index (κ3) is 4.42. The average molecular weight is 330 g/mol. The molecule has 2 aromatic rings. The monoisotopic (exact) mass is 330 g/mol. The molecule has 0 aliphatic rings. The minimum absolute atomic E-state index is 0.249. The van der Waals surface area contributed by atoms with E-state index in [2.05, 4.69) is 17.6 Å². The van der Waals surface area contributed by atoms with Crippen molar-refractivity contribution in [1.82, 2.24) is 0 Å². The minimum atomic E-state index is -0.654. The highest BCUT2D eigenvalue weighted by molar-refractivity contribution is 5.65. The van der Waals surface area contributed by atoms with Crippen molar-refractivity contribution in [2.75, 3.05) is 17.2 Å². The standard InChI is InChI=1S/C16H18N4O4/c1-2-9-17-13-5-3-12(4-6-13)11-18-15-8-7-14(19(21)22)10-16(15)20(23)24/h3-8,10,17-18H,2,9,11H2,1H3. The number of nitrogens with zero attached hydrogens (tertiary/aromatic N) is 2. The van der Waals surface area contributed by atoms with Crippen LogP contribution in [0.3, 0.4) is 0 Å². The van der Waals surface area contributed by atoms with Crippen molar-refractivity contribution < 1.29 is 9.85 Å². The molecule has 24 heavy (non-hydrogen) atoms. The molecule has 0 amide bonds. The van der Waals surface area contributed by atoms with Crippen LogP contribution < -0.4 is 10.6 Å². The van der Waals surface area contributed by atoms with Crippen LogP contribution in [0.5, 0.6) is 0 Å². The van der Waals surface area contributed by atoms with Crippen molar-refractivity contribution in [3.05, 3.63) is 68.3 Å². The van der Waals surface area contributed by atoms with E-state index in [1.54, 1.807) is 0 Å². The molecule has 0 bridgehead atoms. The number of hydrogen-bond acceptors (Lipinski definition) is 6. The van der Waals surface area contributed by atoms with Crippen molar-refractivity contribution >= 4 is 22.7 Å². The smallest absolute Gasteiger partial charge is 0.299 e. The number of nitrogens with one attached hydrogen (secondary N) is 2. The van der Waals surface area contributed by atoms with Gasteiger partial charge in [0, 0.05) is 24.8 Å². The van der Waals surface area contributed by atoms with Gasteiger partial charge < -0.3 is 10.6 Å². The summed E-state index contributed by atoms with van der Waals surface area (Å²) in [4.78, 5) is 20.5. The van der Waals surface area contributed by atoms with Crippen molar-refractivity contribution in [1.29, 1.82) is 0 Å². The zero-order valence-corrected chi connectivity index (χ0v) is 13.2. The average Bonchev–Trinajstić information content (AvgIpc) is 2.58. The first kappa shape index (κ1) is 17.2. The van der Waals surface area contributed by atoms with Crippen LogP contribution in [0.4, 0.5) is 22.7 Å². The number of rotatable bonds is 8. The normalized spacial score (nSPS) is 10.2. The molecule has 0 aromatic heterocycles. The fourth-order valence-corrected chi connectivity index (χ4v) is 2.14. The van der Waals surface area contributed by atoms with E-state index in [0.29, 0.717) is 6.54 Å². The summed E-state index contributed by atoms with van der Waals surface area (Å²) in [5.41, 5.74) is 1.59. The topological polar surface area (TPSA) is 110 Å². The Labute approximate surface area is 138 Å². The molecule has 0 heterocycles. The van der Waals surface area contributed by atoms with Gasteiger partial charge in [-0.3, -0.25) is 20.2 Å². The molecule has 2 N–H and O–H groups in total. The Hall–Kier alpha value is -3.16. The Balaban J connectivity index is 2.08. The Kier molecular flexibility index (Phi) is 5.67. The maximum atomic E-state index is 11.1. The highest BCUT2D eigenvalue weighted by Crippen LogP contribution is 2.29. The molecule has 8 nitrogen and oxygen atoms in total. The third-order valence-corrected chi connectivity index (χ3v) is 3.40. The second-order valence-corrected chi connectivity index (χ2v) is 5.19. The lowest BCUT2D eigenvalue weighted by molar-refractivity contribution is -0.393. The minimum Gasteiger partial charge on any atom is -0.385 e. The van der Waals surface area contributed by atoms with E-state index in [9.17, 15) is 20.2 Å². The molecule has 126 valence electrons. The molecular formula is C16H18N4O4. The maximum absolute atomic E-state index is 11.1. The van der Waals surface area contributed by atoms with Crippen molar-refractivity contribution in [3.63, 3.8) is 0 Å². The van der Waals surface area contributed by atoms with Gasteiger partial charge >= 0.3 is 0 Å². The first-order valence-electron chi connectivity index (χ1n) is 7.50. The number of anilines is 2. The fourth-order valence-electron chi connectivity index (χ4n) is 2.14. The van der Waals surface area contributed by atoms with Gasteiger partial charge in [-0.2, -0.15) is 0 Å². The van der Waals surface area contributed by atoms with Gasteiger partial charge in [0.2, 0.25) is 0 Å². The second kappa shape index (κ2) is 7.91. The number of nitro benzene ring substituents is 2. The molecule has 8 heteroatoms. The SMILES string of the molecule is CCCNc1ccc(CNc2ccc([N+](=O)[O-])cc2[N+](=O)[O-])cc1. The summed E-state index contributed by atoms with van der Waals surface area (Å²) in [6, 6.07) is 11.3. The first-order valence-corrected chi connectivity index (χ1v) is 7.50. The lowest BCUT2D eigenvalue weighted by Crippen LogP contribution is -2.04. The Bertz CT molecular complexity index is 731. The zero-order chi connectivity index (χ0) is 17.5. The van der Waals surface area contributed by atoms with Gasteiger partial charge in [-0.05, 0) is 30.2 Å². The summed E-state index contributed by atoms with van der Waals surface area (Å²) in [5.74, 6) is 0. The molecule has 0 unspecified atom stereocenters. The predicted octanol–water partition coefficient (Wildman–Crippen LogP) is 3.94. The first-order chi connectivity index (χ1) is 11.5. The third-order valence-electron chi connectivity index (χ3n) is 3.40. The Morgan fingerprint density at radius 1 is 0.958 bits per heavy atom. The predicted molar refractivity (Wildman–Crippen MR) is 92.3 cm³/mol. The molecule has 0 radical (unpaired) electrons. The number of non-ortho nitro benzene ring substituents is 1. The van der Waals surface area contributed by atoms with Crippen molar-refractivity contribution in [3.8, 4) is 0 Å². The van der Waals surface area contributed by atoms with Crippen LogP contribution >= 0.6 is 0 Å². The van der Waals surface area contributed by atoms with E-state index in [1.165, 1.54) is 12.1 Å². The quantitative estimate of drug-likeness (QED) is 0.560. The van der Waals surface area contributed by atoms with Gasteiger partial charge in [-0.1, -0.05) is 19.1 Å². The van der Waals surface area contributed by atoms with E-state index in [0.717, 1.165) is 30.3 Å². The van der Waals surface area contributed by atoms with Crippen molar-refractivity contribution in [2.45, 2.75) is 19.9 Å². The Morgan fingerprint density at radius 2 is 1.67 bits per heavy atom. The highest BCUT2D eigenvalue weighted by Gasteiger charge is 2.19. The van der Waals surface area contributed by atoms with Gasteiger partial charge in [0.05, 0.1) is 15.9 Å². The summed E-state index contributed by atoms with van der Waals surface area (Å²) in [6.07, 6.45) is 1.03. The summed E-state index contributed by atoms with van der Waals surface area (Å²) < 4.78 is 0.